The lowest BCUT2D eigenvalue weighted by atomic mass is 10.1. The smallest absolute Gasteiger partial charge is 0.0991 e. The van der Waals surface area contributed by atoms with Crippen LogP contribution >= 0.6 is 15.9 Å². The minimum absolute atomic E-state index is 0.686. The van der Waals surface area contributed by atoms with Crippen LogP contribution in [0.3, 0.4) is 0 Å². The highest BCUT2D eigenvalue weighted by atomic mass is 79.9. The molecular formula is C16H16BrN3. The second kappa shape index (κ2) is 6.44. The molecule has 0 aromatic heterocycles. The van der Waals surface area contributed by atoms with E-state index in [4.69, 9.17) is 5.26 Å². The fraction of sp³-hybridized carbons (Fsp3) is 0.188. The molecular weight excluding hydrogens is 314 g/mol. The molecule has 2 rings (SSSR count). The first-order chi connectivity index (χ1) is 9.60. The maximum absolute atomic E-state index is 8.92. The number of rotatable bonds is 4. The van der Waals surface area contributed by atoms with Gasteiger partial charge in [0.2, 0.25) is 0 Å². The highest BCUT2D eigenvalue weighted by Crippen LogP contribution is 2.28. The van der Waals surface area contributed by atoms with Crippen molar-refractivity contribution in [3.05, 3.63) is 58.1 Å². The molecule has 0 saturated heterocycles. The summed E-state index contributed by atoms with van der Waals surface area (Å²) < 4.78 is 1.04. The summed E-state index contributed by atoms with van der Waals surface area (Å²) in [4.78, 5) is 2.07. The van der Waals surface area contributed by atoms with Crippen molar-refractivity contribution in [3.63, 3.8) is 0 Å². The fourth-order valence-corrected chi connectivity index (χ4v) is 2.35. The molecule has 4 heteroatoms. The van der Waals surface area contributed by atoms with Crippen molar-refractivity contribution in [1.82, 2.24) is 0 Å². The number of nitriles is 1. The van der Waals surface area contributed by atoms with E-state index >= 15 is 0 Å². The monoisotopic (exact) mass is 329 g/mol. The molecule has 0 unspecified atom stereocenters. The zero-order valence-electron chi connectivity index (χ0n) is 11.5. The summed E-state index contributed by atoms with van der Waals surface area (Å²) in [5.41, 5.74) is 3.97. The summed E-state index contributed by atoms with van der Waals surface area (Å²) in [6, 6.07) is 15.9. The van der Waals surface area contributed by atoms with E-state index in [1.807, 2.05) is 44.4 Å². The minimum Gasteiger partial charge on any atom is -0.379 e. The minimum atomic E-state index is 0.686. The van der Waals surface area contributed by atoms with Crippen LogP contribution in [-0.2, 0) is 6.54 Å². The van der Waals surface area contributed by atoms with Crippen molar-refractivity contribution in [3.8, 4) is 6.07 Å². The van der Waals surface area contributed by atoms with Crippen molar-refractivity contribution >= 4 is 27.3 Å². The predicted molar refractivity (Wildman–Crippen MR) is 87.0 cm³/mol. The third-order valence-corrected chi connectivity index (χ3v) is 3.47. The summed E-state index contributed by atoms with van der Waals surface area (Å²) >= 11 is 3.49. The summed E-state index contributed by atoms with van der Waals surface area (Å²) in [5, 5.41) is 12.3. The van der Waals surface area contributed by atoms with Gasteiger partial charge in [-0.2, -0.15) is 5.26 Å². The van der Waals surface area contributed by atoms with E-state index in [9.17, 15) is 0 Å². The lowest BCUT2D eigenvalue weighted by Gasteiger charge is -2.19. The number of benzene rings is 2. The maximum atomic E-state index is 8.92. The molecule has 0 heterocycles. The van der Waals surface area contributed by atoms with Crippen molar-refractivity contribution in [1.29, 1.82) is 5.26 Å². The van der Waals surface area contributed by atoms with Gasteiger partial charge in [0, 0.05) is 25.1 Å². The van der Waals surface area contributed by atoms with Gasteiger partial charge in [0.25, 0.3) is 0 Å². The number of nitrogens with one attached hydrogen (secondary N) is 1. The molecule has 0 amide bonds. The van der Waals surface area contributed by atoms with Gasteiger partial charge in [-0.25, -0.2) is 0 Å². The Balaban J connectivity index is 2.18. The van der Waals surface area contributed by atoms with Crippen molar-refractivity contribution in [2.24, 2.45) is 0 Å². The molecule has 2 aromatic rings. The molecule has 20 heavy (non-hydrogen) atoms. The lowest BCUT2D eigenvalue weighted by Crippen LogP contribution is -2.12. The Kier molecular flexibility index (Phi) is 4.65. The second-order valence-corrected chi connectivity index (χ2v) is 5.64. The molecule has 0 aliphatic rings. The SMILES string of the molecule is CN(C)c1ccc(Br)cc1NCc1cccc(C#N)c1. The van der Waals surface area contributed by atoms with Crippen LogP contribution in [-0.4, -0.2) is 14.1 Å². The number of hydrogen-bond acceptors (Lipinski definition) is 3. The molecule has 0 fully saturated rings. The zero-order chi connectivity index (χ0) is 14.5. The van der Waals surface area contributed by atoms with Crippen molar-refractivity contribution < 1.29 is 0 Å². The molecule has 0 bridgehead atoms. The van der Waals surface area contributed by atoms with E-state index in [2.05, 4.69) is 44.3 Å². The highest BCUT2D eigenvalue weighted by molar-refractivity contribution is 9.10. The largest absolute Gasteiger partial charge is 0.379 e. The van der Waals surface area contributed by atoms with Gasteiger partial charge in [0.15, 0.2) is 0 Å². The van der Waals surface area contributed by atoms with Gasteiger partial charge in [-0.15, -0.1) is 0 Å². The van der Waals surface area contributed by atoms with Gasteiger partial charge in [0.1, 0.15) is 0 Å². The number of hydrogen-bond donors (Lipinski definition) is 1. The van der Waals surface area contributed by atoms with Crippen LogP contribution in [0.4, 0.5) is 11.4 Å². The van der Waals surface area contributed by atoms with Crippen LogP contribution in [0.15, 0.2) is 46.9 Å². The molecule has 0 atom stereocenters. The Morgan fingerprint density at radius 2 is 2.00 bits per heavy atom. The van der Waals surface area contributed by atoms with E-state index in [0.717, 1.165) is 21.4 Å². The standard InChI is InChI=1S/C16H16BrN3/c1-20(2)16-7-6-14(17)9-15(16)19-11-13-5-3-4-12(8-13)10-18/h3-9,19H,11H2,1-2H3. The third-order valence-electron chi connectivity index (χ3n) is 2.98. The van der Waals surface area contributed by atoms with Crippen LogP contribution in [0.25, 0.3) is 0 Å². The molecule has 3 nitrogen and oxygen atoms in total. The Morgan fingerprint density at radius 3 is 2.70 bits per heavy atom. The van der Waals surface area contributed by atoms with E-state index in [0.29, 0.717) is 12.1 Å². The van der Waals surface area contributed by atoms with Gasteiger partial charge >= 0.3 is 0 Å². The number of anilines is 2. The van der Waals surface area contributed by atoms with E-state index in [-0.39, 0.29) is 0 Å². The van der Waals surface area contributed by atoms with Crippen LogP contribution in [0.1, 0.15) is 11.1 Å². The van der Waals surface area contributed by atoms with E-state index in [1.54, 1.807) is 0 Å². The first-order valence-electron chi connectivity index (χ1n) is 6.30. The van der Waals surface area contributed by atoms with Gasteiger partial charge in [-0.05, 0) is 35.9 Å². The van der Waals surface area contributed by atoms with Gasteiger partial charge in [0.05, 0.1) is 23.0 Å². The summed E-state index contributed by atoms with van der Waals surface area (Å²) in [6.07, 6.45) is 0. The average molecular weight is 330 g/mol. The molecule has 0 aliphatic carbocycles. The van der Waals surface area contributed by atoms with Crippen molar-refractivity contribution in [2.45, 2.75) is 6.54 Å². The number of nitrogens with zero attached hydrogens (tertiary/aromatic N) is 2. The van der Waals surface area contributed by atoms with Crippen LogP contribution in [0, 0.1) is 11.3 Å². The third kappa shape index (κ3) is 3.52. The first kappa shape index (κ1) is 14.4. The first-order valence-corrected chi connectivity index (χ1v) is 7.09. The summed E-state index contributed by atoms with van der Waals surface area (Å²) in [6.45, 7) is 0.687. The van der Waals surface area contributed by atoms with Gasteiger partial charge in [-0.3, -0.25) is 0 Å². The maximum Gasteiger partial charge on any atom is 0.0991 e. The highest BCUT2D eigenvalue weighted by Gasteiger charge is 2.05. The molecule has 1 N–H and O–H groups in total. The quantitative estimate of drug-likeness (QED) is 0.921. The molecule has 0 spiro atoms. The fourth-order valence-electron chi connectivity index (χ4n) is 1.99. The van der Waals surface area contributed by atoms with E-state index < -0.39 is 0 Å². The van der Waals surface area contributed by atoms with Crippen LogP contribution < -0.4 is 10.2 Å². The van der Waals surface area contributed by atoms with Gasteiger partial charge in [-0.1, -0.05) is 28.1 Å². The molecule has 0 aliphatic heterocycles. The number of halogens is 1. The molecule has 0 saturated carbocycles. The molecule has 0 radical (unpaired) electrons. The molecule has 102 valence electrons. The van der Waals surface area contributed by atoms with Crippen LogP contribution in [0.5, 0.6) is 0 Å². The lowest BCUT2D eigenvalue weighted by molar-refractivity contribution is 1.10. The Hall–Kier alpha value is -1.99. The normalized spacial score (nSPS) is 9.90. The second-order valence-electron chi connectivity index (χ2n) is 4.72. The zero-order valence-corrected chi connectivity index (χ0v) is 13.1. The Labute approximate surface area is 128 Å². The predicted octanol–water partition coefficient (Wildman–Crippen LogP) is 4.00. The Bertz CT molecular complexity index is 644. The Morgan fingerprint density at radius 1 is 1.20 bits per heavy atom. The molecule has 2 aromatic carbocycles. The van der Waals surface area contributed by atoms with Crippen molar-refractivity contribution in [2.75, 3.05) is 24.3 Å². The summed E-state index contributed by atoms with van der Waals surface area (Å²) in [7, 11) is 4.04. The average Bonchev–Trinajstić information content (AvgIpc) is 2.45. The van der Waals surface area contributed by atoms with Gasteiger partial charge < -0.3 is 10.2 Å². The van der Waals surface area contributed by atoms with Crippen LogP contribution in [0.2, 0.25) is 0 Å². The topological polar surface area (TPSA) is 39.1 Å². The van der Waals surface area contributed by atoms with E-state index in [1.165, 1.54) is 0 Å². The summed E-state index contributed by atoms with van der Waals surface area (Å²) in [5.74, 6) is 0.